The Labute approximate surface area is 130 Å². The molecule has 0 spiro atoms. The number of nitrogens with one attached hydrogen (secondary N) is 1. The van der Waals surface area contributed by atoms with Gasteiger partial charge in [-0.05, 0) is 53.6 Å². The Hall–Kier alpha value is -2.89. The highest BCUT2D eigenvalue weighted by Crippen LogP contribution is 2.48. The molecule has 0 radical (unpaired) electrons. The van der Waals surface area contributed by atoms with E-state index >= 15 is 0 Å². The lowest BCUT2D eigenvalue weighted by Gasteiger charge is -2.12. The lowest BCUT2D eigenvalue weighted by atomic mass is 9.93. The fourth-order valence-electron chi connectivity index (χ4n) is 3.33. The first-order valence-electron chi connectivity index (χ1n) is 7.61. The molecule has 0 unspecified atom stereocenters. The molecule has 3 N–H and O–H groups in total. The summed E-state index contributed by atoms with van der Waals surface area (Å²) in [7, 11) is 0. The molecule has 0 aliphatic heterocycles. The summed E-state index contributed by atoms with van der Waals surface area (Å²) in [6, 6.07) is 7.31. The first-order valence-corrected chi connectivity index (χ1v) is 7.61. The standard InChI is InChI=1S/C17H14FN5/c18-13-7-14-12(8-20-21-14)16(17(13)9-1-2-9)10-3-4-23-11(5-10)6-15(19)22-23/h3-9H,1-2H2,(H2,19,22)(H,20,21). The highest BCUT2D eigenvalue weighted by molar-refractivity contribution is 5.97. The number of benzene rings is 1. The third kappa shape index (κ3) is 1.84. The minimum Gasteiger partial charge on any atom is -0.382 e. The molecule has 3 heterocycles. The van der Waals surface area contributed by atoms with Crippen LogP contribution in [0.3, 0.4) is 0 Å². The number of aromatic amines is 1. The molecular formula is C17H14FN5. The molecule has 0 amide bonds. The van der Waals surface area contributed by atoms with E-state index in [0.717, 1.165) is 46.0 Å². The van der Waals surface area contributed by atoms with Gasteiger partial charge in [-0.15, -0.1) is 0 Å². The quantitative estimate of drug-likeness (QED) is 0.595. The first kappa shape index (κ1) is 12.6. The average Bonchev–Trinajstić information content (AvgIpc) is 3.13. The number of fused-ring (bicyclic) bond motifs is 2. The molecule has 0 bridgehead atoms. The zero-order chi connectivity index (χ0) is 15.6. The van der Waals surface area contributed by atoms with Crippen molar-refractivity contribution in [1.82, 2.24) is 19.8 Å². The number of anilines is 1. The minimum absolute atomic E-state index is 0.160. The van der Waals surface area contributed by atoms with Crippen LogP contribution < -0.4 is 5.73 Å². The number of nitrogen functional groups attached to an aromatic ring is 1. The molecule has 114 valence electrons. The number of halogens is 1. The van der Waals surface area contributed by atoms with Crippen LogP contribution in [0, 0.1) is 5.82 Å². The van der Waals surface area contributed by atoms with Gasteiger partial charge < -0.3 is 5.73 Å². The van der Waals surface area contributed by atoms with Gasteiger partial charge in [-0.25, -0.2) is 8.91 Å². The molecule has 5 rings (SSSR count). The van der Waals surface area contributed by atoms with E-state index in [0.29, 0.717) is 11.7 Å². The van der Waals surface area contributed by atoms with Crippen molar-refractivity contribution in [3.8, 4) is 11.1 Å². The number of nitrogens with two attached hydrogens (primary N) is 1. The summed E-state index contributed by atoms with van der Waals surface area (Å²) in [5.74, 6) is 0.611. The van der Waals surface area contributed by atoms with Crippen LogP contribution >= 0.6 is 0 Å². The number of aromatic nitrogens is 4. The minimum atomic E-state index is -0.160. The van der Waals surface area contributed by atoms with Gasteiger partial charge in [0.25, 0.3) is 0 Å². The highest BCUT2D eigenvalue weighted by atomic mass is 19.1. The third-order valence-electron chi connectivity index (χ3n) is 4.49. The molecule has 1 fully saturated rings. The smallest absolute Gasteiger partial charge is 0.146 e. The second-order valence-electron chi connectivity index (χ2n) is 6.11. The zero-order valence-electron chi connectivity index (χ0n) is 12.3. The lowest BCUT2D eigenvalue weighted by Crippen LogP contribution is -1.95. The number of hydrogen-bond acceptors (Lipinski definition) is 3. The van der Waals surface area contributed by atoms with Crippen LogP contribution in [0.5, 0.6) is 0 Å². The van der Waals surface area contributed by atoms with E-state index in [-0.39, 0.29) is 5.82 Å². The lowest BCUT2D eigenvalue weighted by molar-refractivity contribution is 0.613. The van der Waals surface area contributed by atoms with Gasteiger partial charge in [0, 0.05) is 17.6 Å². The molecule has 4 aromatic rings. The van der Waals surface area contributed by atoms with Crippen molar-refractivity contribution in [2.24, 2.45) is 0 Å². The largest absolute Gasteiger partial charge is 0.382 e. The van der Waals surface area contributed by atoms with E-state index in [1.54, 1.807) is 16.8 Å². The van der Waals surface area contributed by atoms with Crippen molar-refractivity contribution in [3.63, 3.8) is 0 Å². The maximum atomic E-state index is 14.7. The molecule has 1 aliphatic rings. The summed E-state index contributed by atoms with van der Waals surface area (Å²) < 4.78 is 16.4. The number of pyridine rings is 1. The maximum absolute atomic E-state index is 14.7. The molecule has 1 aromatic carbocycles. The van der Waals surface area contributed by atoms with Crippen molar-refractivity contribution < 1.29 is 4.39 Å². The zero-order valence-corrected chi connectivity index (χ0v) is 12.3. The van der Waals surface area contributed by atoms with Crippen LogP contribution in [0.1, 0.15) is 24.3 Å². The van der Waals surface area contributed by atoms with Crippen molar-refractivity contribution in [3.05, 3.63) is 48.0 Å². The molecule has 3 aromatic heterocycles. The fraction of sp³-hybridized carbons (Fsp3) is 0.176. The van der Waals surface area contributed by atoms with Gasteiger partial charge in [0.1, 0.15) is 11.6 Å². The molecule has 6 heteroatoms. The number of H-pyrrole nitrogens is 1. The van der Waals surface area contributed by atoms with Crippen LogP contribution in [-0.2, 0) is 0 Å². The summed E-state index contributed by atoms with van der Waals surface area (Å²) in [6.07, 6.45) is 5.70. The van der Waals surface area contributed by atoms with Crippen LogP contribution in [0.25, 0.3) is 27.5 Å². The molecule has 1 saturated carbocycles. The number of rotatable bonds is 2. The molecular weight excluding hydrogens is 293 g/mol. The second-order valence-corrected chi connectivity index (χ2v) is 6.11. The molecule has 23 heavy (non-hydrogen) atoms. The van der Waals surface area contributed by atoms with Crippen LogP contribution in [0.4, 0.5) is 10.2 Å². The number of nitrogens with zero attached hydrogens (tertiary/aromatic N) is 3. The van der Waals surface area contributed by atoms with Gasteiger partial charge in [-0.2, -0.15) is 10.2 Å². The average molecular weight is 307 g/mol. The SMILES string of the molecule is Nc1cc2cc(-c3c(C4CC4)c(F)cc4[nH]ncc34)ccn2n1. The molecule has 0 saturated heterocycles. The van der Waals surface area contributed by atoms with Crippen molar-refractivity contribution in [2.75, 3.05) is 5.73 Å². The Kier molecular flexibility index (Phi) is 2.37. The van der Waals surface area contributed by atoms with Gasteiger partial charge in [0.15, 0.2) is 0 Å². The Morgan fingerprint density at radius 1 is 1.26 bits per heavy atom. The molecule has 5 nitrogen and oxygen atoms in total. The number of hydrogen-bond donors (Lipinski definition) is 2. The monoisotopic (exact) mass is 307 g/mol. The predicted molar refractivity (Wildman–Crippen MR) is 86.6 cm³/mol. The van der Waals surface area contributed by atoms with E-state index in [2.05, 4.69) is 15.3 Å². The van der Waals surface area contributed by atoms with Gasteiger partial charge >= 0.3 is 0 Å². The topological polar surface area (TPSA) is 72.0 Å². The van der Waals surface area contributed by atoms with Crippen molar-refractivity contribution in [2.45, 2.75) is 18.8 Å². The van der Waals surface area contributed by atoms with E-state index in [1.165, 1.54) is 0 Å². The second kappa shape index (κ2) is 4.32. The Balaban J connectivity index is 1.85. The first-order chi connectivity index (χ1) is 11.2. The van der Waals surface area contributed by atoms with Crippen molar-refractivity contribution >= 4 is 22.2 Å². The Bertz CT molecular complexity index is 1060. The Morgan fingerprint density at radius 3 is 2.96 bits per heavy atom. The van der Waals surface area contributed by atoms with Crippen molar-refractivity contribution in [1.29, 1.82) is 0 Å². The summed E-state index contributed by atoms with van der Waals surface area (Å²) in [4.78, 5) is 0. The van der Waals surface area contributed by atoms with Gasteiger partial charge in [-0.3, -0.25) is 5.10 Å². The maximum Gasteiger partial charge on any atom is 0.146 e. The fourth-order valence-corrected chi connectivity index (χ4v) is 3.33. The van der Waals surface area contributed by atoms with Crippen LogP contribution in [0.2, 0.25) is 0 Å². The molecule has 0 atom stereocenters. The van der Waals surface area contributed by atoms with Crippen LogP contribution in [0.15, 0.2) is 36.7 Å². The summed E-state index contributed by atoms with van der Waals surface area (Å²) in [6.45, 7) is 0. The summed E-state index contributed by atoms with van der Waals surface area (Å²) in [5, 5.41) is 12.1. The van der Waals surface area contributed by atoms with Gasteiger partial charge in [0.2, 0.25) is 0 Å². The molecule has 1 aliphatic carbocycles. The van der Waals surface area contributed by atoms with E-state index in [9.17, 15) is 4.39 Å². The van der Waals surface area contributed by atoms with Gasteiger partial charge in [0.05, 0.1) is 17.2 Å². The predicted octanol–water partition coefficient (Wildman–Crippen LogP) is 3.48. The highest BCUT2D eigenvalue weighted by Gasteiger charge is 2.31. The van der Waals surface area contributed by atoms with Gasteiger partial charge in [-0.1, -0.05) is 0 Å². The van der Waals surface area contributed by atoms with E-state index in [1.807, 2.05) is 24.4 Å². The third-order valence-corrected chi connectivity index (χ3v) is 4.49. The Morgan fingerprint density at radius 2 is 2.13 bits per heavy atom. The summed E-state index contributed by atoms with van der Waals surface area (Å²) in [5.41, 5.74) is 10.1. The van der Waals surface area contributed by atoms with E-state index < -0.39 is 0 Å². The normalized spacial score (nSPS) is 14.8. The van der Waals surface area contributed by atoms with Crippen LogP contribution in [-0.4, -0.2) is 19.8 Å². The van der Waals surface area contributed by atoms with E-state index in [4.69, 9.17) is 5.73 Å². The summed E-state index contributed by atoms with van der Waals surface area (Å²) >= 11 is 0.